The van der Waals surface area contributed by atoms with Gasteiger partial charge in [-0.3, -0.25) is 9.59 Å². The molecule has 0 spiro atoms. The number of rotatable bonds is 6. The fourth-order valence-corrected chi connectivity index (χ4v) is 3.21. The van der Waals surface area contributed by atoms with Crippen LogP contribution in [0, 0.1) is 5.82 Å². The minimum atomic E-state index is -0.943. The number of aliphatic carboxylic acids is 1. The fourth-order valence-electron chi connectivity index (χ4n) is 3.21. The molecular formula is C18H20FN3O3. The van der Waals surface area contributed by atoms with Gasteiger partial charge < -0.3 is 10.0 Å². The predicted molar refractivity (Wildman–Crippen MR) is 89.4 cm³/mol. The molecule has 1 aromatic heterocycles. The topological polar surface area (TPSA) is 75.4 Å². The summed E-state index contributed by atoms with van der Waals surface area (Å²) in [6.07, 6.45) is 2.35. The largest absolute Gasteiger partial charge is 0.481 e. The van der Waals surface area contributed by atoms with Gasteiger partial charge in [0.25, 0.3) is 5.91 Å². The van der Waals surface area contributed by atoms with Gasteiger partial charge in [-0.25, -0.2) is 9.07 Å². The third kappa shape index (κ3) is 3.40. The summed E-state index contributed by atoms with van der Waals surface area (Å²) in [5.74, 6) is -1.57. The van der Waals surface area contributed by atoms with Crippen LogP contribution >= 0.6 is 0 Å². The lowest BCUT2D eigenvalue weighted by molar-refractivity contribution is -0.137. The van der Waals surface area contributed by atoms with E-state index in [2.05, 4.69) is 5.10 Å². The smallest absolute Gasteiger partial charge is 0.305 e. The Labute approximate surface area is 144 Å². The number of aromatic nitrogens is 2. The number of carboxylic acid groups (broad SMARTS) is 1. The minimum absolute atomic E-state index is 0.105. The van der Waals surface area contributed by atoms with E-state index >= 15 is 0 Å². The lowest BCUT2D eigenvalue weighted by atomic mass is 10.1. The first kappa shape index (κ1) is 17.1. The van der Waals surface area contributed by atoms with Crippen LogP contribution in [-0.4, -0.2) is 44.8 Å². The summed E-state index contributed by atoms with van der Waals surface area (Å²) in [5, 5.41) is 13.3. The highest BCUT2D eigenvalue weighted by Crippen LogP contribution is 2.28. The van der Waals surface area contributed by atoms with E-state index in [1.807, 2.05) is 6.92 Å². The van der Waals surface area contributed by atoms with E-state index < -0.39 is 5.97 Å². The number of carboxylic acids is 1. The van der Waals surface area contributed by atoms with Gasteiger partial charge in [-0.2, -0.15) is 5.10 Å². The van der Waals surface area contributed by atoms with E-state index in [4.69, 9.17) is 5.11 Å². The number of halogens is 1. The Morgan fingerprint density at radius 1 is 1.36 bits per heavy atom. The van der Waals surface area contributed by atoms with Crippen LogP contribution in [0.4, 0.5) is 4.39 Å². The minimum Gasteiger partial charge on any atom is -0.481 e. The van der Waals surface area contributed by atoms with E-state index in [1.165, 1.54) is 17.0 Å². The summed E-state index contributed by atoms with van der Waals surface area (Å²) >= 11 is 0. The Kier molecular flexibility index (Phi) is 4.83. The van der Waals surface area contributed by atoms with Crippen molar-refractivity contribution in [1.82, 2.24) is 14.7 Å². The Balaban J connectivity index is 1.96. The van der Waals surface area contributed by atoms with E-state index in [9.17, 15) is 14.0 Å². The monoisotopic (exact) mass is 345 g/mol. The second-order valence-corrected chi connectivity index (χ2v) is 6.05. The maximum absolute atomic E-state index is 13.6. The number of hydrogen-bond donors (Lipinski definition) is 1. The number of carbonyl (C=O) groups is 2. The van der Waals surface area contributed by atoms with E-state index in [0.29, 0.717) is 17.9 Å². The highest BCUT2D eigenvalue weighted by Gasteiger charge is 2.29. The van der Waals surface area contributed by atoms with E-state index in [1.54, 1.807) is 16.8 Å². The van der Waals surface area contributed by atoms with Crippen LogP contribution in [-0.2, 0) is 17.6 Å². The Hall–Kier alpha value is -2.70. The maximum atomic E-state index is 13.6. The molecular weight excluding hydrogens is 325 g/mol. The molecule has 0 saturated carbocycles. The van der Waals surface area contributed by atoms with Crippen molar-refractivity contribution in [2.45, 2.75) is 32.6 Å². The van der Waals surface area contributed by atoms with Crippen LogP contribution in [0.3, 0.4) is 0 Å². The van der Waals surface area contributed by atoms with Crippen LogP contribution in [0.2, 0.25) is 0 Å². The molecule has 0 radical (unpaired) electrons. The third-order valence-electron chi connectivity index (χ3n) is 4.45. The first-order valence-electron chi connectivity index (χ1n) is 8.39. The maximum Gasteiger partial charge on any atom is 0.305 e. The second kappa shape index (κ2) is 7.04. The van der Waals surface area contributed by atoms with E-state index in [0.717, 1.165) is 30.5 Å². The van der Waals surface area contributed by atoms with Crippen molar-refractivity contribution < 1.29 is 19.1 Å². The molecule has 1 aliphatic carbocycles. The molecule has 0 saturated heterocycles. The molecule has 0 aliphatic heterocycles. The average molecular weight is 345 g/mol. The van der Waals surface area contributed by atoms with Gasteiger partial charge >= 0.3 is 5.97 Å². The zero-order valence-electron chi connectivity index (χ0n) is 14.0. The average Bonchev–Trinajstić information content (AvgIpc) is 3.17. The lowest BCUT2D eigenvalue weighted by Gasteiger charge is -2.19. The predicted octanol–water partition coefficient (Wildman–Crippen LogP) is 2.44. The zero-order chi connectivity index (χ0) is 18.0. The van der Waals surface area contributed by atoms with Gasteiger partial charge in [0.05, 0.1) is 12.1 Å². The van der Waals surface area contributed by atoms with Crippen molar-refractivity contribution in [1.29, 1.82) is 0 Å². The number of nitrogens with zero attached hydrogens (tertiary/aromatic N) is 3. The van der Waals surface area contributed by atoms with Crippen LogP contribution in [0.5, 0.6) is 0 Å². The molecule has 1 amide bonds. The molecule has 7 heteroatoms. The Morgan fingerprint density at radius 2 is 2.16 bits per heavy atom. The summed E-state index contributed by atoms with van der Waals surface area (Å²) in [7, 11) is 0. The highest BCUT2D eigenvalue weighted by molar-refractivity contribution is 5.94. The van der Waals surface area contributed by atoms with Gasteiger partial charge in [0.1, 0.15) is 5.82 Å². The first-order chi connectivity index (χ1) is 12.0. The van der Waals surface area contributed by atoms with Crippen LogP contribution in [0.25, 0.3) is 5.69 Å². The third-order valence-corrected chi connectivity index (χ3v) is 4.45. The second-order valence-electron chi connectivity index (χ2n) is 6.05. The molecule has 25 heavy (non-hydrogen) atoms. The summed E-state index contributed by atoms with van der Waals surface area (Å²) in [4.78, 5) is 25.1. The Bertz CT molecular complexity index is 816. The summed E-state index contributed by atoms with van der Waals surface area (Å²) in [6.45, 7) is 2.36. The van der Waals surface area contributed by atoms with Gasteiger partial charge in [0.15, 0.2) is 5.69 Å². The number of benzene rings is 1. The number of carbonyl (C=O) groups excluding carboxylic acids is 1. The van der Waals surface area contributed by atoms with Crippen LogP contribution < -0.4 is 0 Å². The van der Waals surface area contributed by atoms with Gasteiger partial charge in [-0.1, -0.05) is 6.07 Å². The molecule has 0 fully saturated rings. The zero-order valence-corrected chi connectivity index (χ0v) is 14.0. The summed E-state index contributed by atoms with van der Waals surface area (Å²) in [5.41, 5.74) is 2.76. The van der Waals surface area contributed by atoms with Crippen molar-refractivity contribution in [2.75, 3.05) is 13.1 Å². The van der Waals surface area contributed by atoms with Gasteiger partial charge in [-0.05, 0) is 44.4 Å². The molecule has 1 aliphatic rings. The van der Waals surface area contributed by atoms with Crippen LogP contribution in [0.15, 0.2) is 24.3 Å². The quantitative estimate of drug-likeness (QED) is 0.872. The summed E-state index contributed by atoms with van der Waals surface area (Å²) < 4.78 is 15.2. The van der Waals surface area contributed by atoms with Crippen molar-refractivity contribution in [2.24, 2.45) is 0 Å². The molecule has 6 nitrogen and oxygen atoms in total. The highest BCUT2D eigenvalue weighted by atomic mass is 19.1. The molecule has 2 aromatic rings. The normalized spacial score (nSPS) is 12.9. The van der Waals surface area contributed by atoms with Gasteiger partial charge in [0.2, 0.25) is 0 Å². The SMILES string of the molecule is CCN(CCC(=O)O)C(=O)c1nn(-c2cccc(F)c2)c2c1CCC2. The molecule has 3 rings (SSSR count). The van der Waals surface area contributed by atoms with Crippen molar-refractivity contribution in [3.8, 4) is 5.69 Å². The summed E-state index contributed by atoms with van der Waals surface area (Å²) in [6, 6.07) is 6.12. The molecule has 1 N–H and O–H groups in total. The molecule has 0 bridgehead atoms. The number of amides is 1. The molecule has 0 unspecified atom stereocenters. The molecule has 1 heterocycles. The lowest BCUT2D eigenvalue weighted by Crippen LogP contribution is -2.33. The van der Waals surface area contributed by atoms with Crippen molar-refractivity contribution in [3.63, 3.8) is 0 Å². The number of fused-ring (bicyclic) bond motifs is 1. The molecule has 132 valence electrons. The molecule has 1 aromatic carbocycles. The fraction of sp³-hybridized carbons (Fsp3) is 0.389. The standard InChI is InChI=1S/C18H20FN3O3/c1-2-21(10-9-16(23)24)18(25)17-14-7-4-8-15(14)22(20-17)13-6-3-5-12(19)11-13/h3,5-6,11H,2,4,7-10H2,1H3,(H,23,24). The van der Waals surface area contributed by atoms with Crippen molar-refractivity contribution >= 4 is 11.9 Å². The Morgan fingerprint density at radius 3 is 2.84 bits per heavy atom. The van der Waals surface area contributed by atoms with Gasteiger partial charge in [0, 0.05) is 24.3 Å². The first-order valence-corrected chi connectivity index (χ1v) is 8.39. The van der Waals surface area contributed by atoms with E-state index in [-0.39, 0.29) is 24.7 Å². The van der Waals surface area contributed by atoms with Crippen LogP contribution in [0.1, 0.15) is 41.5 Å². The van der Waals surface area contributed by atoms with Gasteiger partial charge in [-0.15, -0.1) is 0 Å². The number of hydrogen-bond acceptors (Lipinski definition) is 3. The molecule has 0 atom stereocenters. The van der Waals surface area contributed by atoms with Crippen molar-refractivity contribution in [3.05, 3.63) is 47.0 Å².